The molecule has 0 aliphatic carbocycles. The second kappa shape index (κ2) is 5.13. The van der Waals surface area contributed by atoms with Crippen molar-refractivity contribution in [2.75, 3.05) is 11.9 Å². The fourth-order valence-electron chi connectivity index (χ4n) is 2.23. The van der Waals surface area contributed by atoms with Gasteiger partial charge in [0.2, 0.25) is 0 Å². The normalized spacial score (nSPS) is 10.9. The van der Waals surface area contributed by atoms with E-state index in [4.69, 9.17) is 11.6 Å². The van der Waals surface area contributed by atoms with E-state index >= 15 is 0 Å². The Morgan fingerprint density at radius 1 is 1.25 bits per heavy atom. The molecule has 102 valence electrons. The first-order valence-corrected chi connectivity index (χ1v) is 6.75. The van der Waals surface area contributed by atoms with Crippen LogP contribution in [0.15, 0.2) is 48.7 Å². The van der Waals surface area contributed by atoms with Crippen LogP contribution in [-0.2, 0) is 5.88 Å². The highest BCUT2D eigenvalue weighted by atomic mass is 35.5. The van der Waals surface area contributed by atoms with E-state index in [1.807, 2.05) is 46.8 Å². The summed E-state index contributed by atoms with van der Waals surface area (Å²) in [6, 6.07) is 12.2. The number of aromatic nitrogens is 2. The first-order valence-electron chi connectivity index (χ1n) is 6.22. The summed E-state index contributed by atoms with van der Waals surface area (Å²) in [7, 11) is 1.85. The minimum absolute atomic E-state index is 0.273. The van der Waals surface area contributed by atoms with Crippen molar-refractivity contribution in [2.45, 2.75) is 5.88 Å². The lowest BCUT2D eigenvalue weighted by atomic mass is 10.3. The third-order valence-corrected chi connectivity index (χ3v) is 3.50. The van der Waals surface area contributed by atoms with E-state index in [-0.39, 0.29) is 5.82 Å². The van der Waals surface area contributed by atoms with Crippen molar-refractivity contribution < 1.29 is 4.39 Å². The van der Waals surface area contributed by atoms with Crippen LogP contribution in [0.1, 0.15) is 5.69 Å². The molecule has 0 aliphatic rings. The van der Waals surface area contributed by atoms with Gasteiger partial charge in [-0.2, -0.15) is 0 Å². The molecule has 0 saturated heterocycles. The molecule has 3 nitrogen and oxygen atoms in total. The maximum absolute atomic E-state index is 13.4. The number of imidazole rings is 1. The zero-order valence-electron chi connectivity index (χ0n) is 10.9. The Kier molecular flexibility index (Phi) is 3.32. The molecule has 5 heteroatoms. The minimum Gasteiger partial charge on any atom is -0.328 e. The van der Waals surface area contributed by atoms with E-state index in [0.717, 1.165) is 22.8 Å². The van der Waals surface area contributed by atoms with E-state index in [9.17, 15) is 4.39 Å². The van der Waals surface area contributed by atoms with Crippen LogP contribution in [0.5, 0.6) is 0 Å². The van der Waals surface area contributed by atoms with Gasteiger partial charge in [0.25, 0.3) is 0 Å². The van der Waals surface area contributed by atoms with Crippen LogP contribution in [0.4, 0.5) is 15.9 Å². The molecular formula is C15H13ClFN3. The number of anilines is 2. The highest BCUT2D eigenvalue weighted by Crippen LogP contribution is 2.28. The SMILES string of the molecule is CN(c1cccc(F)c1)c1nc2ccccn2c1CCl. The molecule has 3 rings (SSSR count). The van der Waals surface area contributed by atoms with Gasteiger partial charge in [-0.05, 0) is 30.3 Å². The second-order valence-electron chi connectivity index (χ2n) is 4.48. The summed E-state index contributed by atoms with van der Waals surface area (Å²) in [5, 5.41) is 0. The highest BCUT2D eigenvalue weighted by molar-refractivity contribution is 6.17. The zero-order chi connectivity index (χ0) is 14.1. The number of fused-ring (bicyclic) bond motifs is 1. The smallest absolute Gasteiger partial charge is 0.156 e. The molecule has 0 amide bonds. The van der Waals surface area contributed by atoms with Gasteiger partial charge in [-0.15, -0.1) is 11.6 Å². The van der Waals surface area contributed by atoms with E-state index in [2.05, 4.69) is 4.98 Å². The zero-order valence-corrected chi connectivity index (χ0v) is 11.7. The van der Waals surface area contributed by atoms with Gasteiger partial charge < -0.3 is 9.30 Å². The van der Waals surface area contributed by atoms with Crippen molar-refractivity contribution >= 4 is 28.8 Å². The molecule has 0 atom stereocenters. The van der Waals surface area contributed by atoms with E-state index < -0.39 is 0 Å². The molecule has 1 aromatic carbocycles. The maximum atomic E-state index is 13.4. The predicted octanol–water partition coefficient (Wildman–Crippen LogP) is 3.98. The lowest BCUT2D eigenvalue weighted by Gasteiger charge is -2.18. The Hall–Kier alpha value is -2.07. The summed E-state index contributed by atoms with van der Waals surface area (Å²) in [5.74, 6) is 0.794. The third-order valence-electron chi connectivity index (χ3n) is 3.25. The van der Waals surface area contributed by atoms with E-state index in [1.165, 1.54) is 12.1 Å². The summed E-state index contributed by atoms with van der Waals surface area (Å²) < 4.78 is 15.3. The van der Waals surface area contributed by atoms with Crippen LogP contribution in [0, 0.1) is 5.82 Å². The van der Waals surface area contributed by atoms with Crippen molar-refractivity contribution in [3.8, 4) is 0 Å². The summed E-state index contributed by atoms with van der Waals surface area (Å²) in [6.07, 6.45) is 1.92. The van der Waals surface area contributed by atoms with Crippen LogP contribution in [0.25, 0.3) is 5.65 Å². The third kappa shape index (κ3) is 2.12. The largest absolute Gasteiger partial charge is 0.328 e. The van der Waals surface area contributed by atoms with Crippen molar-refractivity contribution in [3.63, 3.8) is 0 Å². The van der Waals surface area contributed by atoms with Crippen molar-refractivity contribution in [1.29, 1.82) is 0 Å². The first kappa shape index (κ1) is 12.9. The molecule has 0 unspecified atom stereocenters. The number of hydrogen-bond acceptors (Lipinski definition) is 2. The average molecular weight is 290 g/mol. The van der Waals surface area contributed by atoms with Crippen molar-refractivity contribution in [2.24, 2.45) is 0 Å². The molecule has 0 aliphatic heterocycles. The quantitative estimate of drug-likeness (QED) is 0.680. The molecule has 0 saturated carbocycles. The van der Waals surface area contributed by atoms with Gasteiger partial charge in [0.15, 0.2) is 5.82 Å². The van der Waals surface area contributed by atoms with E-state index in [1.54, 1.807) is 6.07 Å². The Morgan fingerprint density at radius 2 is 2.10 bits per heavy atom. The number of halogens is 2. The molecule has 0 fully saturated rings. The average Bonchev–Trinajstić information content (AvgIpc) is 2.85. The number of hydrogen-bond donors (Lipinski definition) is 0. The number of pyridine rings is 1. The summed E-state index contributed by atoms with van der Waals surface area (Å²) in [6.45, 7) is 0. The Bertz CT molecular complexity index is 754. The van der Waals surface area contributed by atoms with Crippen LogP contribution in [0.3, 0.4) is 0 Å². The molecule has 0 bridgehead atoms. The Morgan fingerprint density at radius 3 is 2.85 bits per heavy atom. The minimum atomic E-state index is -0.273. The molecule has 20 heavy (non-hydrogen) atoms. The van der Waals surface area contributed by atoms with Crippen LogP contribution < -0.4 is 4.90 Å². The van der Waals surface area contributed by atoms with Gasteiger partial charge >= 0.3 is 0 Å². The van der Waals surface area contributed by atoms with Crippen molar-refractivity contribution in [3.05, 3.63) is 60.2 Å². The molecular weight excluding hydrogens is 277 g/mol. The van der Waals surface area contributed by atoms with Crippen molar-refractivity contribution in [1.82, 2.24) is 9.38 Å². The van der Waals surface area contributed by atoms with Gasteiger partial charge in [0.05, 0.1) is 11.6 Å². The number of rotatable bonds is 3. The standard InChI is InChI=1S/C15H13ClFN3/c1-19(12-6-4-5-11(17)9-12)15-13(10-16)20-8-3-2-7-14(20)18-15/h2-9H,10H2,1H3. The van der Waals surface area contributed by atoms with Gasteiger partial charge in [-0.3, -0.25) is 0 Å². The van der Waals surface area contributed by atoms with Gasteiger partial charge in [0.1, 0.15) is 11.5 Å². The van der Waals surface area contributed by atoms with Crippen LogP contribution in [0.2, 0.25) is 0 Å². The number of benzene rings is 1. The van der Waals surface area contributed by atoms with Gasteiger partial charge in [0, 0.05) is 18.9 Å². The fourth-order valence-corrected chi connectivity index (χ4v) is 2.48. The second-order valence-corrected chi connectivity index (χ2v) is 4.75. The molecule has 0 N–H and O–H groups in total. The Balaban J connectivity index is 2.14. The van der Waals surface area contributed by atoms with Gasteiger partial charge in [-0.25, -0.2) is 9.37 Å². The monoisotopic (exact) mass is 289 g/mol. The van der Waals surface area contributed by atoms with Crippen LogP contribution in [-0.4, -0.2) is 16.4 Å². The topological polar surface area (TPSA) is 20.5 Å². The van der Waals surface area contributed by atoms with Crippen LogP contribution >= 0.6 is 11.6 Å². The lowest BCUT2D eigenvalue weighted by Crippen LogP contribution is -2.12. The maximum Gasteiger partial charge on any atom is 0.156 e. The van der Waals surface area contributed by atoms with E-state index in [0.29, 0.717) is 5.88 Å². The highest BCUT2D eigenvalue weighted by Gasteiger charge is 2.16. The summed E-state index contributed by atoms with van der Waals surface area (Å²) in [4.78, 5) is 6.41. The first-order chi connectivity index (χ1) is 9.70. The number of alkyl halides is 1. The molecule has 3 aromatic rings. The lowest BCUT2D eigenvalue weighted by molar-refractivity contribution is 0.628. The van der Waals surface area contributed by atoms with Gasteiger partial charge in [-0.1, -0.05) is 12.1 Å². The fraction of sp³-hybridized carbons (Fsp3) is 0.133. The molecule has 0 spiro atoms. The molecule has 2 aromatic heterocycles. The predicted molar refractivity (Wildman–Crippen MR) is 79.2 cm³/mol. The Labute approximate surface area is 121 Å². The molecule has 2 heterocycles. The summed E-state index contributed by atoms with van der Waals surface area (Å²) in [5.41, 5.74) is 2.44. The molecule has 0 radical (unpaired) electrons. The summed E-state index contributed by atoms with van der Waals surface area (Å²) >= 11 is 6.05. The number of nitrogens with zero attached hydrogens (tertiary/aromatic N) is 3.